The van der Waals surface area contributed by atoms with E-state index < -0.39 is 0 Å². The number of nitrogens with one attached hydrogen (secondary N) is 1. The van der Waals surface area contributed by atoms with Gasteiger partial charge in [0.05, 0.1) is 6.54 Å². The molecule has 1 fully saturated rings. The minimum atomic E-state index is -0.0109. The number of methoxy groups -OCH3 is 1. The summed E-state index contributed by atoms with van der Waals surface area (Å²) >= 11 is 0. The number of carbonyl (C=O) groups is 2. The first-order chi connectivity index (χ1) is 7.69. The molecule has 0 saturated carbocycles. The van der Waals surface area contributed by atoms with E-state index in [1.807, 2.05) is 0 Å². The van der Waals surface area contributed by atoms with Gasteiger partial charge < -0.3 is 19.9 Å². The average molecular weight is 266 g/mol. The summed E-state index contributed by atoms with van der Waals surface area (Å²) < 4.78 is 4.79. The number of carbonyl (C=O) groups excluding carboxylic acids is 2. The summed E-state index contributed by atoms with van der Waals surface area (Å²) in [4.78, 5) is 26.5. The van der Waals surface area contributed by atoms with Crippen molar-refractivity contribution in [3.8, 4) is 0 Å². The maximum absolute atomic E-state index is 11.5. The number of nitrogens with zero attached hydrogens (tertiary/aromatic N) is 2. The SMILES string of the molecule is CNCC(=O)N1CCN(C(=O)COC)CC1.Cl. The molecule has 1 aliphatic rings. The highest BCUT2D eigenvalue weighted by molar-refractivity contribution is 5.85. The molecule has 0 unspecified atom stereocenters. The third kappa shape index (κ3) is 4.89. The van der Waals surface area contributed by atoms with Crippen LogP contribution < -0.4 is 5.32 Å². The van der Waals surface area contributed by atoms with E-state index in [2.05, 4.69) is 5.32 Å². The highest BCUT2D eigenvalue weighted by atomic mass is 35.5. The van der Waals surface area contributed by atoms with Gasteiger partial charge in [-0.2, -0.15) is 0 Å². The molecule has 0 atom stereocenters. The van der Waals surface area contributed by atoms with Crippen molar-refractivity contribution in [1.29, 1.82) is 0 Å². The summed E-state index contributed by atoms with van der Waals surface area (Å²) in [5.41, 5.74) is 0. The third-order valence-electron chi connectivity index (χ3n) is 2.58. The average Bonchev–Trinajstić information content (AvgIpc) is 2.30. The molecule has 17 heavy (non-hydrogen) atoms. The van der Waals surface area contributed by atoms with Crippen molar-refractivity contribution in [1.82, 2.24) is 15.1 Å². The van der Waals surface area contributed by atoms with Crippen LogP contribution in [0.1, 0.15) is 0 Å². The fourth-order valence-electron chi connectivity index (χ4n) is 1.68. The second-order valence-electron chi connectivity index (χ2n) is 3.72. The zero-order chi connectivity index (χ0) is 12.0. The van der Waals surface area contributed by atoms with Crippen LogP contribution in [0.15, 0.2) is 0 Å². The highest BCUT2D eigenvalue weighted by Crippen LogP contribution is 2.02. The van der Waals surface area contributed by atoms with E-state index in [-0.39, 0.29) is 30.8 Å². The molecule has 0 aliphatic carbocycles. The first kappa shape index (κ1) is 16.1. The maximum Gasteiger partial charge on any atom is 0.248 e. The molecular formula is C10H20ClN3O3. The van der Waals surface area contributed by atoms with E-state index in [4.69, 9.17) is 4.74 Å². The molecule has 0 spiro atoms. The predicted molar refractivity (Wildman–Crippen MR) is 66.2 cm³/mol. The van der Waals surface area contributed by atoms with Gasteiger partial charge in [-0.25, -0.2) is 0 Å². The van der Waals surface area contributed by atoms with Crippen LogP contribution in [0.4, 0.5) is 0 Å². The largest absolute Gasteiger partial charge is 0.375 e. The molecule has 1 saturated heterocycles. The second kappa shape index (κ2) is 8.27. The van der Waals surface area contributed by atoms with E-state index in [1.165, 1.54) is 7.11 Å². The molecule has 1 aliphatic heterocycles. The molecule has 0 aromatic heterocycles. The Balaban J connectivity index is 0.00000256. The second-order valence-corrected chi connectivity index (χ2v) is 3.72. The van der Waals surface area contributed by atoms with Gasteiger partial charge in [0.1, 0.15) is 6.61 Å². The smallest absolute Gasteiger partial charge is 0.248 e. The lowest BCUT2D eigenvalue weighted by Crippen LogP contribution is -2.52. The summed E-state index contributed by atoms with van der Waals surface area (Å²) in [5, 5.41) is 2.83. The van der Waals surface area contributed by atoms with E-state index in [0.29, 0.717) is 32.7 Å². The van der Waals surface area contributed by atoms with Gasteiger partial charge in [0.25, 0.3) is 0 Å². The molecule has 2 amide bonds. The van der Waals surface area contributed by atoms with Crippen LogP contribution in [-0.4, -0.2) is 75.1 Å². The van der Waals surface area contributed by atoms with Crippen molar-refractivity contribution in [2.24, 2.45) is 0 Å². The molecular weight excluding hydrogens is 246 g/mol. The normalized spacial score (nSPS) is 15.4. The number of amides is 2. The van der Waals surface area contributed by atoms with Crippen LogP contribution in [0.5, 0.6) is 0 Å². The highest BCUT2D eigenvalue weighted by Gasteiger charge is 2.23. The first-order valence-electron chi connectivity index (χ1n) is 5.38. The number of hydrogen-bond acceptors (Lipinski definition) is 4. The number of piperazine rings is 1. The minimum absolute atomic E-state index is 0. The van der Waals surface area contributed by atoms with Gasteiger partial charge in [0, 0.05) is 33.3 Å². The number of rotatable bonds is 4. The van der Waals surface area contributed by atoms with Crippen molar-refractivity contribution < 1.29 is 14.3 Å². The maximum atomic E-state index is 11.5. The molecule has 1 heterocycles. The zero-order valence-electron chi connectivity index (χ0n) is 10.3. The topological polar surface area (TPSA) is 61.9 Å². The molecule has 0 bridgehead atoms. The molecule has 6 nitrogen and oxygen atoms in total. The van der Waals surface area contributed by atoms with Crippen LogP contribution in [0.25, 0.3) is 0 Å². The Bertz CT molecular complexity index is 229. The van der Waals surface area contributed by atoms with Crippen LogP contribution in [0, 0.1) is 0 Å². The Morgan fingerprint density at radius 1 is 1.12 bits per heavy atom. The standard InChI is InChI=1S/C10H19N3O3.ClH/c1-11-7-9(14)12-3-5-13(6-4-12)10(15)8-16-2;/h11H,3-8H2,1-2H3;1H. The Labute approximate surface area is 108 Å². The summed E-state index contributed by atoms with van der Waals surface area (Å²) in [6, 6.07) is 0. The lowest BCUT2D eigenvalue weighted by atomic mass is 10.3. The van der Waals surface area contributed by atoms with Gasteiger partial charge in [-0.15, -0.1) is 12.4 Å². The molecule has 0 aromatic rings. The Morgan fingerprint density at radius 2 is 1.59 bits per heavy atom. The monoisotopic (exact) mass is 265 g/mol. The van der Waals surface area contributed by atoms with Crippen molar-refractivity contribution in [3.63, 3.8) is 0 Å². The summed E-state index contributed by atoms with van der Waals surface area (Å²) in [6.45, 7) is 2.87. The minimum Gasteiger partial charge on any atom is -0.375 e. The van der Waals surface area contributed by atoms with E-state index in [9.17, 15) is 9.59 Å². The van der Waals surface area contributed by atoms with Gasteiger partial charge in [-0.1, -0.05) is 0 Å². The number of hydrogen-bond donors (Lipinski definition) is 1. The van der Waals surface area contributed by atoms with Gasteiger partial charge >= 0.3 is 0 Å². The van der Waals surface area contributed by atoms with Crippen LogP contribution in [0.3, 0.4) is 0 Å². The van der Waals surface area contributed by atoms with Crippen molar-refractivity contribution in [2.45, 2.75) is 0 Å². The summed E-state index contributed by atoms with van der Waals surface area (Å²) in [5.74, 6) is 0.0737. The van der Waals surface area contributed by atoms with E-state index in [1.54, 1.807) is 16.8 Å². The van der Waals surface area contributed by atoms with Gasteiger partial charge in [-0.05, 0) is 7.05 Å². The fourth-order valence-corrected chi connectivity index (χ4v) is 1.68. The predicted octanol–water partition coefficient (Wildman–Crippen LogP) is -1.06. The van der Waals surface area contributed by atoms with Crippen molar-refractivity contribution in [3.05, 3.63) is 0 Å². The Morgan fingerprint density at radius 3 is 2.00 bits per heavy atom. The van der Waals surface area contributed by atoms with E-state index in [0.717, 1.165) is 0 Å². The van der Waals surface area contributed by atoms with E-state index >= 15 is 0 Å². The number of halogens is 1. The lowest BCUT2D eigenvalue weighted by Gasteiger charge is -2.34. The van der Waals surface area contributed by atoms with Crippen LogP contribution in [0.2, 0.25) is 0 Å². The zero-order valence-corrected chi connectivity index (χ0v) is 11.1. The van der Waals surface area contributed by atoms with Crippen LogP contribution in [-0.2, 0) is 14.3 Å². The molecule has 1 N–H and O–H groups in total. The molecule has 100 valence electrons. The molecule has 0 aromatic carbocycles. The first-order valence-corrected chi connectivity index (χ1v) is 5.38. The van der Waals surface area contributed by atoms with Gasteiger partial charge in [0.15, 0.2) is 0 Å². The lowest BCUT2D eigenvalue weighted by molar-refractivity contribution is -0.141. The Hall–Kier alpha value is -0.850. The van der Waals surface area contributed by atoms with Crippen LogP contribution >= 0.6 is 12.4 Å². The fraction of sp³-hybridized carbons (Fsp3) is 0.800. The summed E-state index contributed by atoms with van der Waals surface area (Å²) in [6.07, 6.45) is 0. The van der Waals surface area contributed by atoms with Crippen molar-refractivity contribution >= 4 is 24.2 Å². The van der Waals surface area contributed by atoms with Gasteiger partial charge in [-0.3, -0.25) is 9.59 Å². The molecule has 7 heteroatoms. The summed E-state index contributed by atoms with van der Waals surface area (Å²) in [7, 11) is 3.25. The van der Waals surface area contributed by atoms with Gasteiger partial charge in [0.2, 0.25) is 11.8 Å². The van der Waals surface area contributed by atoms with Crippen molar-refractivity contribution in [2.75, 3.05) is 53.5 Å². The number of likely N-dealkylation sites (N-methyl/N-ethyl adjacent to an activating group) is 1. The quantitative estimate of drug-likeness (QED) is 0.704. The molecule has 0 radical (unpaired) electrons. The molecule has 1 rings (SSSR count). The third-order valence-corrected chi connectivity index (χ3v) is 2.58. The Kier molecular flexibility index (Phi) is 7.86. The number of ether oxygens (including phenoxy) is 1.